The van der Waals surface area contributed by atoms with Gasteiger partial charge in [-0.3, -0.25) is 4.79 Å². The molecule has 7 rings (SSSR count). The summed E-state index contributed by atoms with van der Waals surface area (Å²) in [6.45, 7) is 3.94. The molecule has 4 N–H and O–H groups in total. The molecule has 0 radical (unpaired) electrons. The van der Waals surface area contributed by atoms with E-state index in [2.05, 4.69) is 21.8 Å². The first-order valence-corrected chi connectivity index (χ1v) is 14.6. The number of H-pyrrole nitrogens is 1. The highest BCUT2D eigenvalue weighted by Gasteiger charge is 2.39. The first-order valence-electron chi connectivity index (χ1n) is 14.6. The third-order valence-corrected chi connectivity index (χ3v) is 8.96. The molecule has 2 aliphatic heterocycles. The number of aromatic hydroxyl groups is 1. The van der Waals surface area contributed by atoms with Crippen LogP contribution in [0.4, 0.5) is 10.1 Å². The highest BCUT2D eigenvalue weighted by molar-refractivity contribution is 5.97. The topological polar surface area (TPSA) is 111 Å². The van der Waals surface area contributed by atoms with Crippen LogP contribution < -0.4 is 10.6 Å². The lowest BCUT2D eigenvalue weighted by Crippen LogP contribution is -2.52. The van der Waals surface area contributed by atoms with E-state index in [9.17, 15) is 14.3 Å². The number of piperazine rings is 1. The van der Waals surface area contributed by atoms with Crippen LogP contribution in [-0.4, -0.2) is 63.1 Å². The van der Waals surface area contributed by atoms with Crippen LogP contribution in [0.3, 0.4) is 0 Å². The van der Waals surface area contributed by atoms with Crippen LogP contribution in [0.2, 0.25) is 0 Å². The summed E-state index contributed by atoms with van der Waals surface area (Å²) in [6, 6.07) is 18.1. The minimum absolute atomic E-state index is 0.0826. The number of aromatic amines is 1. The molecular formula is C34H33FN6O2. The maximum Gasteiger partial charge on any atom is 0.249 e. The van der Waals surface area contributed by atoms with Crippen molar-refractivity contribution in [2.24, 2.45) is 5.73 Å². The number of phenolic OH excluding ortho intramolecular Hbond substituents is 1. The van der Waals surface area contributed by atoms with Crippen molar-refractivity contribution in [3.05, 3.63) is 107 Å². The number of primary amides is 1. The van der Waals surface area contributed by atoms with Crippen LogP contribution in [-0.2, 0) is 0 Å². The van der Waals surface area contributed by atoms with Crippen LogP contribution in [0.5, 0.6) is 5.75 Å². The minimum atomic E-state index is -0.698. The van der Waals surface area contributed by atoms with Crippen LogP contribution >= 0.6 is 0 Å². The molecule has 9 heteroatoms. The molecule has 2 unspecified atom stereocenters. The lowest BCUT2D eigenvalue weighted by molar-refractivity contribution is 0.0999. The molecule has 2 fully saturated rings. The van der Waals surface area contributed by atoms with Crippen LogP contribution in [0.15, 0.2) is 73.1 Å². The van der Waals surface area contributed by atoms with E-state index in [1.807, 2.05) is 55.7 Å². The predicted octanol–water partition coefficient (Wildman–Crippen LogP) is 5.34. The van der Waals surface area contributed by atoms with Crippen molar-refractivity contribution < 1.29 is 14.3 Å². The fourth-order valence-electron chi connectivity index (χ4n) is 7.14. The highest BCUT2D eigenvalue weighted by atomic mass is 19.1. The first-order chi connectivity index (χ1) is 20.8. The Hall–Kier alpha value is -4.76. The fourth-order valence-corrected chi connectivity index (χ4v) is 7.14. The molecule has 4 heterocycles. The number of rotatable bonds is 6. The van der Waals surface area contributed by atoms with Crippen LogP contribution in [0, 0.1) is 12.7 Å². The molecule has 2 aromatic heterocycles. The summed E-state index contributed by atoms with van der Waals surface area (Å²) >= 11 is 0. The summed E-state index contributed by atoms with van der Waals surface area (Å²) in [5, 5.41) is 11.9. The number of amides is 1. The van der Waals surface area contributed by atoms with E-state index in [-0.39, 0.29) is 11.3 Å². The van der Waals surface area contributed by atoms with Crippen molar-refractivity contribution in [3.63, 3.8) is 0 Å². The Morgan fingerprint density at radius 1 is 1.05 bits per heavy atom. The van der Waals surface area contributed by atoms with Crippen LogP contribution in [0.1, 0.15) is 51.5 Å². The zero-order chi connectivity index (χ0) is 29.8. The zero-order valence-electron chi connectivity index (χ0n) is 24.1. The van der Waals surface area contributed by atoms with Crippen molar-refractivity contribution in [1.29, 1.82) is 0 Å². The van der Waals surface area contributed by atoms with Gasteiger partial charge in [-0.05, 0) is 85.8 Å². The molecule has 2 aliphatic rings. The maximum absolute atomic E-state index is 14.6. The number of hydrogen-bond donors (Lipinski definition) is 3. The largest absolute Gasteiger partial charge is 0.508 e. The highest BCUT2D eigenvalue weighted by Crippen LogP contribution is 2.42. The van der Waals surface area contributed by atoms with E-state index in [1.165, 1.54) is 18.2 Å². The number of fused-ring (bicyclic) bond motifs is 3. The molecule has 1 amide bonds. The summed E-state index contributed by atoms with van der Waals surface area (Å²) in [7, 11) is 2.17. The van der Waals surface area contributed by atoms with Gasteiger partial charge in [0, 0.05) is 53.1 Å². The summed E-state index contributed by atoms with van der Waals surface area (Å²) in [6.07, 6.45) is 6.06. The molecule has 0 aliphatic carbocycles. The average Bonchev–Trinajstić information content (AvgIpc) is 3.53. The lowest BCUT2D eigenvalue weighted by Gasteiger charge is -2.40. The average molecular weight is 577 g/mol. The third kappa shape index (κ3) is 4.79. The van der Waals surface area contributed by atoms with Gasteiger partial charge in [0.2, 0.25) is 5.91 Å². The number of phenols is 1. The third-order valence-electron chi connectivity index (χ3n) is 8.96. The predicted molar refractivity (Wildman–Crippen MR) is 165 cm³/mol. The molecule has 2 bridgehead atoms. The van der Waals surface area contributed by atoms with Gasteiger partial charge in [0.25, 0.3) is 0 Å². The van der Waals surface area contributed by atoms with E-state index in [4.69, 9.17) is 15.7 Å². The molecule has 8 nitrogen and oxygen atoms in total. The number of carbonyl (C=O) groups excluding carboxylic acids is 1. The number of nitrogens with zero attached hydrogens (tertiary/aromatic N) is 4. The number of benzene rings is 3. The smallest absolute Gasteiger partial charge is 0.249 e. The number of halogens is 1. The van der Waals surface area contributed by atoms with Gasteiger partial charge in [0.15, 0.2) is 5.82 Å². The Balaban J connectivity index is 1.33. The number of para-hydroxylation sites is 1. The number of aryl methyl sites for hydroxylation is 1. The monoisotopic (exact) mass is 576 g/mol. The first kappa shape index (κ1) is 27.1. The Kier molecular flexibility index (Phi) is 6.62. The number of anilines is 1. The van der Waals surface area contributed by atoms with Gasteiger partial charge in [-0.1, -0.05) is 18.2 Å². The molecule has 2 saturated heterocycles. The molecule has 5 aromatic rings. The molecule has 0 spiro atoms. The van der Waals surface area contributed by atoms with Crippen molar-refractivity contribution >= 4 is 22.5 Å². The minimum Gasteiger partial charge on any atom is -0.508 e. The fraction of sp³-hybridized carbons (Fsp3) is 0.265. The Morgan fingerprint density at radius 3 is 2.47 bits per heavy atom. The van der Waals surface area contributed by atoms with Crippen molar-refractivity contribution in [3.8, 4) is 17.1 Å². The number of nitrogens with one attached hydrogen (secondary N) is 1. The zero-order valence-corrected chi connectivity index (χ0v) is 24.1. The second-order valence-corrected chi connectivity index (χ2v) is 11.8. The molecular weight excluding hydrogens is 543 g/mol. The number of likely N-dealkylation sites (N-methyl/N-ethyl adjacent to an activating group) is 1. The standard InChI is InChI=1S/C34H33FN6O2/c1-19-11-21(34-37-15-25(16-38-34)41-23-8-9-24(41)18-40(2)17-23)12-27(33(36)43)31(19)32(26-14-22(35)7-10-30(26)42)29-13-20-5-3-4-6-28(20)39-29/h3-7,10-16,23-24,32,39,42H,8-9,17-18H2,1-2H3,(H2,36,43)/t23?,24?,32-/m1/s1. The number of nitrogens with two attached hydrogens (primary N) is 1. The van der Waals surface area contributed by atoms with Gasteiger partial charge in [-0.15, -0.1) is 0 Å². The molecule has 3 atom stereocenters. The summed E-state index contributed by atoms with van der Waals surface area (Å²) in [5.41, 5.74) is 11.1. The van der Waals surface area contributed by atoms with Crippen LogP contribution in [0.25, 0.3) is 22.3 Å². The summed E-state index contributed by atoms with van der Waals surface area (Å²) in [4.78, 5) is 30.7. The molecule has 0 saturated carbocycles. The van der Waals surface area contributed by atoms with Gasteiger partial charge in [0.1, 0.15) is 11.6 Å². The number of carbonyl (C=O) groups is 1. The van der Waals surface area contributed by atoms with E-state index in [0.717, 1.165) is 48.1 Å². The van der Waals surface area contributed by atoms with Gasteiger partial charge < -0.3 is 25.6 Å². The van der Waals surface area contributed by atoms with Crippen molar-refractivity contribution in [1.82, 2.24) is 19.9 Å². The second kappa shape index (κ2) is 10.5. The van der Waals surface area contributed by atoms with E-state index >= 15 is 0 Å². The molecule has 43 heavy (non-hydrogen) atoms. The number of likely N-dealkylation sites (tertiary alicyclic amines) is 1. The summed E-state index contributed by atoms with van der Waals surface area (Å²) in [5.74, 6) is -1.43. The van der Waals surface area contributed by atoms with Gasteiger partial charge in [-0.25, -0.2) is 14.4 Å². The summed E-state index contributed by atoms with van der Waals surface area (Å²) < 4.78 is 14.6. The Morgan fingerprint density at radius 2 is 1.77 bits per heavy atom. The second-order valence-electron chi connectivity index (χ2n) is 11.8. The molecule has 218 valence electrons. The van der Waals surface area contributed by atoms with E-state index in [0.29, 0.717) is 40.3 Å². The van der Waals surface area contributed by atoms with E-state index < -0.39 is 17.6 Å². The lowest BCUT2D eigenvalue weighted by atomic mass is 9.81. The van der Waals surface area contributed by atoms with E-state index in [1.54, 1.807) is 6.07 Å². The molecule has 3 aromatic carbocycles. The quantitative estimate of drug-likeness (QED) is 0.252. The normalized spacial score (nSPS) is 19.2. The van der Waals surface area contributed by atoms with Gasteiger partial charge >= 0.3 is 0 Å². The Labute approximate surface area is 249 Å². The van der Waals surface area contributed by atoms with Crippen molar-refractivity contribution in [2.45, 2.75) is 37.8 Å². The SMILES string of the molecule is Cc1cc(-c2ncc(N3C4CCC3CN(C)C4)cn2)cc(C(N)=O)c1[C@@H](c1cc2ccccc2[nH]1)c1cc(F)ccc1O. The maximum atomic E-state index is 14.6. The van der Waals surface area contributed by atoms with Crippen molar-refractivity contribution in [2.75, 3.05) is 25.0 Å². The van der Waals surface area contributed by atoms with Gasteiger partial charge in [0.05, 0.1) is 24.0 Å². The number of aromatic nitrogens is 3. The van der Waals surface area contributed by atoms with Gasteiger partial charge in [-0.2, -0.15) is 0 Å². The number of hydrogen-bond acceptors (Lipinski definition) is 6. The Bertz CT molecular complexity index is 1810.